The first-order valence-corrected chi connectivity index (χ1v) is 7.49. The van der Waals surface area contributed by atoms with Crippen molar-refractivity contribution in [3.8, 4) is 0 Å². The van der Waals surface area contributed by atoms with Gasteiger partial charge in [0, 0.05) is 44.0 Å². The number of aromatic nitrogens is 3. The molecule has 0 aromatic carbocycles. The second-order valence-electron chi connectivity index (χ2n) is 5.50. The number of hydrogen-bond donors (Lipinski definition) is 1. The maximum Gasteiger partial charge on any atom is 0.185 e. The maximum atomic E-state index is 12.5. The van der Waals surface area contributed by atoms with Crippen LogP contribution >= 0.6 is 0 Å². The lowest BCUT2D eigenvalue weighted by Gasteiger charge is -2.31. The van der Waals surface area contributed by atoms with Crippen LogP contribution in [0.4, 0.5) is 0 Å². The van der Waals surface area contributed by atoms with E-state index >= 15 is 0 Å². The largest absolute Gasteiger partial charge is 0.349 e. The van der Waals surface area contributed by atoms with Crippen molar-refractivity contribution >= 4 is 5.78 Å². The third-order valence-electron chi connectivity index (χ3n) is 4.01. The van der Waals surface area contributed by atoms with Crippen LogP contribution < -0.4 is 0 Å². The van der Waals surface area contributed by atoms with Crippen molar-refractivity contribution in [3.05, 3.63) is 48.3 Å². The second kappa shape index (κ2) is 6.63. The van der Waals surface area contributed by atoms with Crippen LogP contribution in [0.15, 0.2) is 36.8 Å². The number of piperidine rings is 1. The fourth-order valence-corrected chi connectivity index (χ4v) is 2.89. The van der Waals surface area contributed by atoms with Gasteiger partial charge < -0.3 is 9.88 Å². The summed E-state index contributed by atoms with van der Waals surface area (Å²) < 4.78 is 0. The number of nitrogens with zero attached hydrogens (tertiary/aromatic N) is 3. The fraction of sp³-hybridized carbons (Fsp3) is 0.438. The molecular formula is C16H20N4O. The Morgan fingerprint density at radius 3 is 3.05 bits per heavy atom. The molecule has 2 aromatic heterocycles. The van der Waals surface area contributed by atoms with Crippen LogP contribution in [0.25, 0.3) is 0 Å². The Morgan fingerprint density at radius 2 is 2.29 bits per heavy atom. The molecule has 2 aromatic rings. The number of aromatic amines is 1. The lowest BCUT2D eigenvalue weighted by atomic mass is 9.92. The molecular weight excluding hydrogens is 264 g/mol. The Balaban J connectivity index is 1.56. The van der Waals surface area contributed by atoms with E-state index in [-0.39, 0.29) is 11.7 Å². The van der Waals surface area contributed by atoms with Gasteiger partial charge in [0.1, 0.15) is 11.5 Å². The number of Topliss-reactive ketones (excluding diaryl/α,β-unsaturated/α-hetero) is 1. The average molecular weight is 284 g/mol. The summed E-state index contributed by atoms with van der Waals surface area (Å²) in [6, 6.07) is 5.52. The molecule has 0 radical (unpaired) electrons. The predicted molar refractivity (Wildman–Crippen MR) is 80.0 cm³/mol. The molecule has 5 nitrogen and oxygen atoms in total. The van der Waals surface area contributed by atoms with Gasteiger partial charge in [0.2, 0.25) is 0 Å². The number of pyridine rings is 1. The minimum atomic E-state index is 0.0743. The average Bonchev–Trinajstić information content (AvgIpc) is 3.07. The second-order valence-corrected chi connectivity index (χ2v) is 5.50. The van der Waals surface area contributed by atoms with E-state index in [0.717, 1.165) is 44.7 Å². The summed E-state index contributed by atoms with van der Waals surface area (Å²) in [5.74, 6) is 1.26. The number of ketones is 1. The van der Waals surface area contributed by atoms with E-state index in [1.807, 2.05) is 24.4 Å². The molecule has 3 rings (SSSR count). The van der Waals surface area contributed by atoms with Crippen molar-refractivity contribution in [1.29, 1.82) is 0 Å². The third-order valence-corrected chi connectivity index (χ3v) is 4.01. The highest BCUT2D eigenvalue weighted by Gasteiger charge is 2.27. The number of nitrogens with one attached hydrogen (secondary N) is 1. The van der Waals surface area contributed by atoms with Crippen molar-refractivity contribution in [2.24, 2.45) is 5.92 Å². The Bertz CT molecular complexity index is 567. The van der Waals surface area contributed by atoms with E-state index in [1.165, 1.54) is 0 Å². The lowest BCUT2D eigenvalue weighted by molar-refractivity contribution is 0.0815. The van der Waals surface area contributed by atoms with E-state index in [2.05, 4.69) is 19.9 Å². The van der Waals surface area contributed by atoms with Crippen LogP contribution in [0.2, 0.25) is 0 Å². The molecule has 0 aliphatic carbocycles. The summed E-state index contributed by atoms with van der Waals surface area (Å²) in [4.78, 5) is 26.4. The molecule has 1 unspecified atom stereocenters. The van der Waals surface area contributed by atoms with E-state index in [0.29, 0.717) is 5.69 Å². The normalized spacial score (nSPS) is 19.5. The van der Waals surface area contributed by atoms with Crippen LogP contribution in [-0.4, -0.2) is 45.3 Å². The third kappa shape index (κ3) is 3.55. The van der Waals surface area contributed by atoms with Gasteiger partial charge in [-0.15, -0.1) is 0 Å². The summed E-state index contributed by atoms with van der Waals surface area (Å²) in [6.45, 7) is 2.84. The topological polar surface area (TPSA) is 61.9 Å². The molecule has 0 spiro atoms. The number of H-pyrrole nitrogens is 1. The van der Waals surface area contributed by atoms with Crippen molar-refractivity contribution < 1.29 is 4.79 Å². The minimum Gasteiger partial charge on any atom is -0.349 e. The number of rotatable bonds is 5. The quantitative estimate of drug-likeness (QED) is 0.852. The van der Waals surface area contributed by atoms with Crippen LogP contribution in [0, 0.1) is 5.92 Å². The van der Waals surface area contributed by atoms with Crippen LogP contribution in [-0.2, 0) is 6.42 Å². The molecule has 1 atom stereocenters. The van der Waals surface area contributed by atoms with Crippen molar-refractivity contribution in [1.82, 2.24) is 19.9 Å². The van der Waals surface area contributed by atoms with Gasteiger partial charge in [0.25, 0.3) is 0 Å². The van der Waals surface area contributed by atoms with E-state index in [4.69, 9.17) is 0 Å². The van der Waals surface area contributed by atoms with Crippen molar-refractivity contribution in [3.63, 3.8) is 0 Å². The molecule has 1 saturated heterocycles. The monoisotopic (exact) mass is 284 g/mol. The van der Waals surface area contributed by atoms with E-state index in [9.17, 15) is 4.79 Å². The van der Waals surface area contributed by atoms with Crippen LogP contribution in [0.1, 0.15) is 29.2 Å². The van der Waals surface area contributed by atoms with E-state index < -0.39 is 0 Å². The Kier molecular flexibility index (Phi) is 4.40. The maximum absolute atomic E-state index is 12.5. The van der Waals surface area contributed by atoms with Gasteiger partial charge in [-0.1, -0.05) is 6.07 Å². The van der Waals surface area contributed by atoms with Gasteiger partial charge >= 0.3 is 0 Å². The zero-order valence-electron chi connectivity index (χ0n) is 12.0. The van der Waals surface area contributed by atoms with Crippen LogP contribution in [0.3, 0.4) is 0 Å². The van der Waals surface area contributed by atoms with Gasteiger partial charge in [-0.25, -0.2) is 4.98 Å². The molecule has 0 saturated carbocycles. The molecule has 5 heteroatoms. The Hall–Kier alpha value is -2.01. The lowest BCUT2D eigenvalue weighted by Crippen LogP contribution is -2.40. The first-order valence-electron chi connectivity index (χ1n) is 7.49. The van der Waals surface area contributed by atoms with Crippen molar-refractivity contribution in [2.45, 2.75) is 19.3 Å². The summed E-state index contributed by atoms with van der Waals surface area (Å²) in [6.07, 6.45) is 8.24. The molecule has 1 N–H and O–H groups in total. The predicted octanol–water partition coefficient (Wildman–Crippen LogP) is 1.94. The number of carbonyl (C=O) groups excluding carboxylic acids is 1. The molecule has 1 aliphatic heterocycles. The van der Waals surface area contributed by atoms with Gasteiger partial charge in [-0.3, -0.25) is 9.78 Å². The molecule has 1 fully saturated rings. The number of carbonyl (C=O) groups is 1. The van der Waals surface area contributed by atoms with E-state index in [1.54, 1.807) is 12.4 Å². The number of likely N-dealkylation sites (tertiary alicyclic amines) is 1. The highest BCUT2D eigenvalue weighted by molar-refractivity contribution is 5.96. The van der Waals surface area contributed by atoms with Crippen LogP contribution in [0.5, 0.6) is 0 Å². The SMILES string of the molecule is O=C(c1ccccn1)C1CCCN(CCc2ncc[nH]2)C1. The Labute approximate surface area is 124 Å². The number of imidazole rings is 1. The van der Waals surface area contributed by atoms with Gasteiger partial charge in [-0.05, 0) is 31.5 Å². The molecule has 21 heavy (non-hydrogen) atoms. The summed E-state index contributed by atoms with van der Waals surface area (Å²) in [5, 5.41) is 0. The van der Waals surface area contributed by atoms with Crippen molar-refractivity contribution in [2.75, 3.05) is 19.6 Å². The van der Waals surface area contributed by atoms with Gasteiger partial charge in [0.05, 0.1) is 0 Å². The molecule has 3 heterocycles. The highest BCUT2D eigenvalue weighted by atomic mass is 16.1. The first-order chi connectivity index (χ1) is 10.3. The first kappa shape index (κ1) is 13.9. The fourth-order valence-electron chi connectivity index (χ4n) is 2.89. The number of hydrogen-bond acceptors (Lipinski definition) is 4. The zero-order valence-corrected chi connectivity index (χ0v) is 12.0. The summed E-state index contributed by atoms with van der Waals surface area (Å²) in [7, 11) is 0. The molecule has 0 amide bonds. The molecule has 1 aliphatic rings. The molecule has 0 bridgehead atoms. The molecule has 110 valence electrons. The Morgan fingerprint density at radius 1 is 1.33 bits per heavy atom. The minimum absolute atomic E-state index is 0.0743. The standard InChI is InChI=1S/C16H20N4O/c21-16(14-5-1-2-7-17-14)13-4-3-10-20(12-13)11-6-15-18-8-9-19-15/h1-2,5,7-9,13H,3-4,6,10-12H2,(H,18,19). The van der Waals surface area contributed by atoms with Gasteiger partial charge in [-0.2, -0.15) is 0 Å². The zero-order chi connectivity index (χ0) is 14.5. The summed E-state index contributed by atoms with van der Waals surface area (Å²) in [5.41, 5.74) is 0.593. The summed E-state index contributed by atoms with van der Waals surface area (Å²) >= 11 is 0. The van der Waals surface area contributed by atoms with Gasteiger partial charge in [0.15, 0.2) is 5.78 Å². The smallest absolute Gasteiger partial charge is 0.185 e. The highest BCUT2D eigenvalue weighted by Crippen LogP contribution is 2.20.